The Hall–Kier alpha value is -3.25. The summed E-state index contributed by atoms with van der Waals surface area (Å²) in [4.78, 5) is 12.5. The molecule has 3 aromatic rings. The van der Waals surface area contributed by atoms with Crippen LogP contribution < -0.4 is 10.6 Å². The van der Waals surface area contributed by atoms with Crippen LogP contribution in [0, 0.1) is 11.3 Å². The second kappa shape index (κ2) is 11.0. The van der Waals surface area contributed by atoms with Gasteiger partial charge in [-0.25, -0.2) is 0 Å². The molecule has 0 radical (unpaired) electrons. The van der Waals surface area contributed by atoms with E-state index < -0.39 is 12.1 Å². The maximum Gasteiger partial charge on any atom is 0.251 e. The zero-order valence-corrected chi connectivity index (χ0v) is 19.8. The van der Waals surface area contributed by atoms with Crippen molar-refractivity contribution >= 4 is 16.8 Å². The SMILES string of the molecule is N#C[C@H](Cc1ccc(-c2ccc3cnn(C4CCOCC4)c3c2)cc1)NC(=O)[C@@H]1CNCCCO1. The van der Waals surface area contributed by atoms with Gasteiger partial charge in [0.2, 0.25) is 0 Å². The van der Waals surface area contributed by atoms with Crippen LogP contribution in [0.3, 0.4) is 0 Å². The fraction of sp³-hybridized carbons (Fsp3) is 0.444. The van der Waals surface area contributed by atoms with Gasteiger partial charge in [0.15, 0.2) is 0 Å². The zero-order chi connectivity index (χ0) is 24.0. The van der Waals surface area contributed by atoms with Crippen molar-refractivity contribution in [3.8, 4) is 17.2 Å². The standard InChI is InChI=1S/C27H31N5O3/c28-16-23(31-27(33)26-18-29-10-1-11-35-26)14-19-2-4-20(5-3-19)21-6-7-22-17-30-32(25(22)15-21)24-8-12-34-13-9-24/h2-7,15,17,23-24,26,29H,1,8-14,18H2,(H,31,33)/t23-,26-/m0/s1. The first-order chi connectivity index (χ1) is 17.2. The van der Waals surface area contributed by atoms with Gasteiger partial charge in [-0.05, 0) is 48.6 Å². The Labute approximate surface area is 205 Å². The number of fused-ring (bicyclic) bond motifs is 1. The van der Waals surface area contributed by atoms with Gasteiger partial charge in [-0.2, -0.15) is 10.4 Å². The van der Waals surface area contributed by atoms with Crippen molar-refractivity contribution in [2.45, 2.75) is 43.9 Å². The molecule has 2 fully saturated rings. The molecule has 5 rings (SSSR count). The van der Waals surface area contributed by atoms with Crippen molar-refractivity contribution in [3.05, 3.63) is 54.2 Å². The van der Waals surface area contributed by atoms with E-state index in [0.717, 1.165) is 66.6 Å². The van der Waals surface area contributed by atoms with Gasteiger partial charge >= 0.3 is 0 Å². The van der Waals surface area contributed by atoms with Crippen LogP contribution in [0.15, 0.2) is 48.7 Å². The molecule has 8 heteroatoms. The van der Waals surface area contributed by atoms with Gasteiger partial charge in [-0.3, -0.25) is 9.48 Å². The molecule has 0 spiro atoms. The Bertz CT molecular complexity index is 1190. The first kappa shape index (κ1) is 23.5. The number of benzene rings is 2. The van der Waals surface area contributed by atoms with Crippen LogP contribution in [0.5, 0.6) is 0 Å². The molecule has 2 atom stereocenters. The van der Waals surface area contributed by atoms with Gasteiger partial charge in [0.1, 0.15) is 12.1 Å². The number of nitrogens with zero attached hydrogens (tertiary/aromatic N) is 3. The van der Waals surface area contributed by atoms with Gasteiger partial charge in [-0.15, -0.1) is 0 Å². The molecule has 2 aliphatic rings. The summed E-state index contributed by atoms with van der Waals surface area (Å²) in [5.74, 6) is -0.239. The van der Waals surface area contributed by atoms with Crippen molar-refractivity contribution in [3.63, 3.8) is 0 Å². The first-order valence-electron chi connectivity index (χ1n) is 12.4. The summed E-state index contributed by atoms with van der Waals surface area (Å²) in [6, 6.07) is 16.6. The normalized spacial score (nSPS) is 20.1. The Morgan fingerprint density at radius 1 is 1.17 bits per heavy atom. The number of rotatable bonds is 6. The van der Waals surface area contributed by atoms with Crippen LogP contribution in [0.25, 0.3) is 22.0 Å². The van der Waals surface area contributed by atoms with E-state index in [4.69, 9.17) is 9.47 Å². The number of aromatic nitrogens is 2. The van der Waals surface area contributed by atoms with E-state index in [0.29, 0.717) is 25.6 Å². The largest absolute Gasteiger partial charge is 0.381 e. The summed E-state index contributed by atoms with van der Waals surface area (Å²) >= 11 is 0. The monoisotopic (exact) mass is 473 g/mol. The molecule has 2 N–H and O–H groups in total. The topological polar surface area (TPSA) is 101 Å². The van der Waals surface area contributed by atoms with E-state index >= 15 is 0 Å². The quantitative estimate of drug-likeness (QED) is 0.571. The number of amides is 1. The van der Waals surface area contributed by atoms with Crippen LogP contribution >= 0.6 is 0 Å². The molecule has 2 aromatic carbocycles. The minimum atomic E-state index is -0.606. The van der Waals surface area contributed by atoms with Crippen LogP contribution in [0.2, 0.25) is 0 Å². The van der Waals surface area contributed by atoms with Gasteiger partial charge in [0, 0.05) is 38.2 Å². The zero-order valence-electron chi connectivity index (χ0n) is 19.8. The third kappa shape index (κ3) is 5.54. The highest BCUT2D eigenvalue weighted by molar-refractivity contribution is 5.84. The number of hydrogen-bond donors (Lipinski definition) is 2. The average molecular weight is 474 g/mol. The minimum absolute atomic E-state index is 0.239. The van der Waals surface area contributed by atoms with Crippen molar-refractivity contribution in [2.24, 2.45) is 0 Å². The third-order valence-electron chi connectivity index (χ3n) is 6.77. The van der Waals surface area contributed by atoms with Crippen LogP contribution in [0.1, 0.15) is 30.9 Å². The molecule has 1 amide bonds. The van der Waals surface area contributed by atoms with E-state index in [2.05, 4.69) is 56.8 Å². The first-order valence-corrected chi connectivity index (χ1v) is 12.4. The number of nitrogens with one attached hydrogen (secondary N) is 2. The average Bonchev–Trinajstić information content (AvgIpc) is 3.13. The number of hydrogen-bond acceptors (Lipinski definition) is 6. The Kier molecular flexibility index (Phi) is 7.38. The summed E-state index contributed by atoms with van der Waals surface area (Å²) < 4.78 is 13.3. The number of carbonyl (C=O) groups excluding carboxylic acids is 1. The minimum Gasteiger partial charge on any atom is -0.381 e. The Morgan fingerprint density at radius 3 is 2.77 bits per heavy atom. The molecule has 2 aliphatic heterocycles. The van der Waals surface area contributed by atoms with Crippen molar-refractivity contribution in [1.82, 2.24) is 20.4 Å². The summed E-state index contributed by atoms with van der Waals surface area (Å²) in [5, 5.41) is 21.4. The van der Waals surface area contributed by atoms with Crippen LogP contribution in [0.4, 0.5) is 0 Å². The fourth-order valence-corrected chi connectivity index (χ4v) is 4.78. The molecule has 3 heterocycles. The second-order valence-corrected chi connectivity index (χ2v) is 9.21. The second-order valence-electron chi connectivity index (χ2n) is 9.21. The molecule has 35 heavy (non-hydrogen) atoms. The van der Waals surface area contributed by atoms with Gasteiger partial charge < -0.3 is 20.1 Å². The van der Waals surface area contributed by atoms with Crippen molar-refractivity contribution in [1.29, 1.82) is 5.26 Å². The summed E-state index contributed by atoms with van der Waals surface area (Å²) in [5.41, 5.74) is 4.36. The highest BCUT2D eigenvalue weighted by Crippen LogP contribution is 2.29. The number of carbonyl (C=O) groups is 1. The molecule has 8 nitrogen and oxygen atoms in total. The summed E-state index contributed by atoms with van der Waals surface area (Å²) in [7, 11) is 0. The molecule has 1 aromatic heterocycles. The predicted octanol–water partition coefficient (Wildman–Crippen LogP) is 2.98. The number of nitriles is 1. The molecular formula is C27H31N5O3. The maximum atomic E-state index is 12.5. The fourth-order valence-electron chi connectivity index (χ4n) is 4.78. The van der Waals surface area contributed by atoms with E-state index in [-0.39, 0.29) is 5.91 Å². The summed E-state index contributed by atoms with van der Waals surface area (Å²) in [6.45, 7) is 3.41. The maximum absolute atomic E-state index is 12.5. The Morgan fingerprint density at radius 2 is 1.97 bits per heavy atom. The lowest BCUT2D eigenvalue weighted by Crippen LogP contribution is -2.46. The molecule has 0 unspecified atom stereocenters. The van der Waals surface area contributed by atoms with Gasteiger partial charge in [-0.1, -0.05) is 36.4 Å². The van der Waals surface area contributed by atoms with E-state index in [9.17, 15) is 10.1 Å². The third-order valence-corrected chi connectivity index (χ3v) is 6.77. The van der Waals surface area contributed by atoms with Crippen molar-refractivity contribution in [2.75, 3.05) is 32.9 Å². The molecule has 0 bridgehead atoms. The summed E-state index contributed by atoms with van der Waals surface area (Å²) in [6.07, 6.45) is 4.66. The van der Waals surface area contributed by atoms with E-state index in [1.54, 1.807) is 0 Å². The molecule has 0 saturated carbocycles. The van der Waals surface area contributed by atoms with Gasteiger partial charge in [0.05, 0.1) is 23.8 Å². The van der Waals surface area contributed by atoms with Crippen LogP contribution in [-0.2, 0) is 20.7 Å². The van der Waals surface area contributed by atoms with Crippen molar-refractivity contribution < 1.29 is 14.3 Å². The molecule has 2 saturated heterocycles. The smallest absolute Gasteiger partial charge is 0.251 e. The molecule has 0 aliphatic carbocycles. The van der Waals surface area contributed by atoms with E-state index in [1.165, 1.54) is 0 Å². The molecule has 182 valence electrons. The van der Waals surface area contributed by atoms with Crippen LogP contribution in [-0.4, -0.2) is 60.7 Å². The predicted molar refractivity (Wildman–Crippen MR) is 133 cm³/mol. The van der Waals surface area contributed by atoms with E-state index in [1.807, 2.05) is 18.3 Å². The Balaban J connectivity index is 1.26. The lowest BCUT2D eigenvalue weighted by atomic mass is 10.00. The lowest BCUT2D eigenvalue weighted by Gasteiger charge is -2.23. The molecular weight excluding hydrogens is 442 g/mol. The highest BCUT2D eigenvalue weighted by Gasteiger charge is 2.23. The highest BCUT2D eigenvalue weighted by atomic mass is 16.5. The lowest BCUT2D eigenvalue weighted by molar-refractivity contribution is -0.132. The number of ether oxygens (including phenoxy) is 2. The van der Waals surface area contributed by atoms with Gasteiger partial charge in [0.25, 0.3) is 5.91 Å².